The van der Waals surface area contributed by atoms with Crippen LogP contribution < -0.4 is 4.74 Å². The lowest BCUT2D eigenvalue weighted by Gasteiger charge is -2.18. The van der Waals surface area contributed by atoms with Crippen molar-refractivity contribution in [3.8, 4) is 5.75 Å². The number of halogens is 3. The van der Waals surface area contributed by atoms with E-state index in [1.807, 2.05) is 38.1 Å². The second-order valence-corrected chi connectivity index (χ2v) is 6.24. The van der Waals surface area contributed by atoms with Crippen LogP contribution in [0, 0.1) is 12.7 Å². The molecule has 2 aromatic rings. The van der Waals surface area contributed by atoms with Crippen molar-refractivity contribution in [1.82, 2.24) is 0 Å². The van der Waals surface area contributed by atoms with Crippen LogP contribution in [0.15, 0.2) is 40.9 Å². The van der Waals surface area contributed by atoms with E-state index in [0.717, 1.165) is 21.3 Å². The minimum atomic E-state index is -0.264. The van der Waals surface area contributed by atoms with Crippen molar-refractivity contribution < 1.29 is 9.13 Å². The molecule has 2 rings (SSSR count). The number of aryl methyl sites for hydroxylation is 1. The highest BCUT2D eigenvalue weighted by Gasteiger charge is 2.21. The average molecular weight is 402 g/mol. The van der Waals surface area contributed by atoms with Crippen LogP contribution in [-0.2, 0) is 0 Å². The molecule has 106 valence electrons. The van der Waals surface area contributed by atoms with E-state index in [-0.39, 0.29) is 10.6 Å². The SMILES string of the molecule is CCOc1ccc(C)cc1C(Br)c1c(F)cccc1Br. The predicted octanol–water partition coefficient (Wildman–Crippen LogP) is 5.78. The van der Waals surface area contributed by atoms with Crippen LogP contribution in [0.25, 0.3) is 0 Å². The summed E-state index contributed by atoms with van der Waals surface area (Å²) < 4.78 is 20.5. The van der Waals surface area contributed by atoms with Crippen LogP contribution in [0.4, 0.5) is 4.39 Å². The topological polar surface area (TPSA) is 9.23 Å². The Morgan fingerprint density at radius 3 is 2.65 bits per heavy atom. The van der Waals surface area contributed by atoms with Gasteiger partial charge in [-0.25, -0.2) is 4.39 Å². The number of ether oxygens (including phenoxy) is 1. The smallest absolute Gasteiger partial charge is 0.129 e. The van der Waals surface area contributed by atoms with Gasteiger partial charge in [0.2, 0.25) is 0 Å². The number of benzene rings is 2. The molecular formula is C16H15Br2FO. The van der Waals surface area contributed by atoms with Gasteiger partial charge in [-0.05, 0) is 32.0 Å². The zero-order valence-corrected chi connectivity index (χ0v) is 14.5. The maximum absolute atomic E-state index is 14.1. The maximum atomic E-state index is 14.1. The van der Waals surface area contributed by atoms with E-state index in [1.165, 1.54) is 6.07 Å². The van der Waals surface area contributed by atoms with Crippen molar-refractivity contribution in [2.75, 3.05) is 6.61 Å². The van der Waals surface area contributed by atoms with Gasteiger partial charge in [0.15, 0.2) is 0 Å². The summed E-state index contributed by atoms with van der Waals surface area (Å²) >= 11 is 7.02. The number of rotatable bonds is 4. The molecular weight excluding hydrogens is 387 g/mol. The van der Waals surface area contributed by atoms with Gasteiger partial charge in [-0.1, -0.05) is 55.6 Å². The summed E-state index contributed by atoms with van der Waals surface area (Å²) in [6.07, 6.45) is 0. The highest BCUT2D eigenvalue weighted by Crippen LogP contribution is 2.41. The zero-order chi connectivity index (χ0) is 14.7. The third-order valence-corrected chi connectivity index (χ3v) is 4.63. The number of hydrogen-bond donors (Lipinski definition) is 0. The van der Waals surface area contributed by atoms with E-state index >= 15 is 0 Å². The van der Waals surface area contributed by atoms with Gasteiger partial charge in [-0.15, -0.1) is 0 Å². The first kappa shape index (κ1) is 15.5. The molecule has 0 aliphatic carbocycles. The van der Waals surface area contributed by atoms with Crippen LogP contribution in [0.3, 0.4) is 0 Å². The van der Waals surface area contributed by atoms with Gasteiger partial charge in [-0.3, -0.25) is 0 Å². The molecule has 1 atom stereocenters. The maximum Gasteiger partial charge on any atom is 0.129 e. The van der Waals surface area contributed by atoms with Crippen molar-refractivity contribution in [3.63, 3.8) is 0 Å². The molecule has 0 aliphatic heterocycles. The molecule has 20 heavy (non-hydrogen) atoms. The van der Waals surface area contributed by atoms with Gasteiger partial charge >= 0.3 is 0 Å². The monoisotopic (exact) mass is 400 g/mol. The van der Waals surface area contributed by atoms with Crippen LogP contribution in [0.1, 0.15) is 28.4 Å². The van der Waals surface area contributed by atoms with E-state index in [1.54, 1.807) is 6.07 Å². The first-order valence-corrected chi connectivity index (χ1v) is 8.06. The fourth-order valence-electron chi connectivity index (χ4n) is 2.06. The van der Waals surface area contributed by atoms with Crippen molar-refractivity contribution >= 4 is 31.9 Å². The highest BCUT2D eigenvalue weighted by atomic mass is 79.9. The Bertz CT molecular complexity index is 593. The predicted molar refractivity (Wildman–Crippen MR) is 87.2 cm³/mol. The fraction of sp³-hybridized carbons (Fsp3) is 0.250. The van der Waals surface area contributed by atoms with Gasteiger partial charge in [0.05, 0.1) is 11.4 Å². The highest BCUT2D eigenvalue weighted by molar-refractivity contribution is 9.11. The standard InChI is InChI=1S/C16H15Br2FO/c1-3-20-14-8-7-10(2)9-11(14)16(18)15-12(17)5-4-6-13(15)19/h4-9,16H,3H2,1-2H3. The Kier molecular flexibility index (Phi) is 5.22. The van der Waals surface area contributed by atoms with Gasteiger partial charge in [-0.2, -0.15) is 0 Å². The van der Waals surface area contributed by atoms with Crippen LogP contribution in [0.5, 0.6) is 5.75 Å². The molecule has 0 amide bonds. The molecule has 1 nitrogen and oxygen atoms in total. The lowest BCUT2D eigenvalue weighted by Crippen LogP contribution is -2.03. The van der Waals surface area contributed by atoms with Crippen molar-refractivity contribution in [2.45, 2.75) is 18.7 Å². The molecule has 0 aliphatic rings. The largest absolute Gasteiger partial charge is 0.494 e. The van der Waals surface area contributed by atoms with E-state index in [4.69, 9.17) is 4.74 Å². The van der Waals surface area contributed by atoms with Gasteiger partial charge in [0, 0.05) is 15.6 Å². The Morgan fingerprint density at radius 1 is 1.25 bits per heavy atom. The molecule has 0 saturated carbocycles. The minimum absolute atomic E-state index is 0.245. The van der Waals surface area contributed by atoms with E-state index in [2.05, 4.69) is 31.9 Å². The zero-order valence-electron chi connectivity index (χ0n) is 11.3. The summed E-state index contributed by atoms with van der Waals surface area (Å²) in [7, 11) is 0. The minimum Gasteiger partial charge on any atom is -0.494 e. The molecule has 4 heteroatoms. The second kappa shape index (κ2) is 6.72. The van der Waals surface area contributed by atoms with Crippen LogP contribution in [-0.4, -0.2) is 6.61 Å². The summed E-state index contributed by atoms with van der Waals surface area (Å²) in [5, 5.41) is 0. The van der Waals surface area contributed by atoms with Gasteiger partial charge in [0.25, 0.3) is 0 Å². The van der Waals surface area contributed by atoms with E-state index in [0.29, 0.717) is 12.2 Å². The Hall–Kier alpha value is -0.870. The second-order valence-electron chi connectivity index (χ2n) is 4.47. The lowest BCUT2D eigenvalue weighted by atomic mass is 10.0. The summed E-state index contributed by atoms with van der Waals surface area (Å²) in [5.41, 5.74) is 2.62. The number of hydrogen-bond acceptors (Lipinski definition) is 1. The van der Waals surface area contributed by atoms with E-state index in [9.17, 15) is 4.39 Å². The first-order valence-electron chi connectivity index (χ1n) is 6.36. The molecule has 0 spiro atoms. The third kappa shape index (κ3) is 3.23. The normalized spacial score (nSPS) is 12.2. The summed E-state index contributed by atoms with van der Waals surface area (Å²) in [6, 6.07) is 10.9. The Morgan fingerprint density at radius 2 is 2.00 bits per heavy atom. The summed E-state index contributed by atoms with van der Waals surface area (Å²) in [4.78, 5) is -0.264. The molecule has 0 bridgehead atoms. The molecule has 1 unspecified atom stereocenters. The molecule has 2 aromatic carbocycles. The Labute approximate surface area is 135 Å². The van der Waals surface area contributed by atoms with Crippen molar-refractivity contribution in [1.29, 1.82) is 0 Å². The molecule has 0 fully saturated rings. The summed E-state index contributed by atoms with van der Waals surface area (Å²) in [5.74, 6) is 0.528. The summed E-state index contributed by atoms with van der Waals surface area (Å²) in [6.45, 7) is 4.52. The quantitative estimate of drug-likeness (QED) is 0.590. The van der Waals surface area contributed by atoms with Crippen LogP contribution in [0.2, 0.25) is 0 Å². The van der Waals surface area contributed by atoms with Crippen molar-refractivity contribution in [3.05, 3.63) is 63.4 Å². The van der Waals surface area contributed by atoms with Crippen LogP contribution >= 0.6 is 31.9 Å². The van der Waals surface area contributed by atoms with Crippen molar-refractivity contribution in [2.24, 2.45) is 0 Å². The lowest BCUT2D eigenvalue weighted by molar-refractivity contribution is 0.337. The van der Waals surface area contributed by atoms with Gasteiger partial charge in [0.1, 0.15) is 11.6 Å². The molecule has 0 aromatic heterocycles. The first-order chi connectivity index (χ1) is 9.54. The molecule has 0 saturated heterocycles. The Balaban J connectivity index is 2.52. The molecule has 0 N–H and O–H groups in total. The average Bonchev–Trinajstić information content (AvgIpc) is 2.40. The molecule has 0 radical (unpaired) electrons. The van der Waals surface area contributed by atoms with Gasteiger partial charge < -0.3 is 4.74 Å². The number of alkyl halides is 1. The fourth-order valence-corrected chi connectivity index (χ4v) is 3.76. The third-order valence-electron chi connectivity index (χ3n) is 2.99. The molecule has 0 heterocycles. The van der Waals surface area contributed by atoms with E-state index < -0.39 is 0 Å².